The summed E-state index contributed by atoms with van der Waals surface area (Å²) in [5.74, 6) is 0. The maximum Gasteiger partial charge on any atom is 0.101 e. The molecular weight excluding hydrogens is 424 g/mol. The summed E-state index contributed by atoms with van der Waals surface area (Å²) >= 11 is 0. The summed E-state index contributed by atoms with van der Waals surface area (Å²) in [4.78, 5) is 11.9. The lowest BCUT2D eigenvalue weighted by atomic mass is 9.99. The number of benzene rings is 2. The molecule has 2 aromatic carbocycles. The lowest BCUT2D eigenvalue weighted by molar-refractivity contribution is 0.134. The molecule has 3 atom stereocenters. The normalized spacial score (nSPS) is 25.0. The predicted octanol–water partition coefficient (Wildman–Crippen LogP) is 2.64. The van der Waals surface area contributed by atoms with Crippen LogP contribution < -0.4 is 15.1 Å². The second kappa shape index (κ2) is 8.55. The van der Waals surface area contributed by atoms with E-state index in [-0.39, 0.29) is 6.10 Å². The van der Waals surface area contributed by atoms with E-state index in [0.29, 0.717) is 30.7 Å². The molecule has 2 fully saturated rings. The summed E-state index contributed by atoms with van der Waals surface area (Å²) in [5, 5.41) is 24.1. The number of β-amino-alcohol motifs (C(OH)–C–C–N with tert-alkyl or cyclic N) is 1. The Bertz CT molecular complexity index is 1270. The predicted molar refractivity (Wildman–Crippen MR) is 134 cm³/mol. The second-order valence-electron chi connectivity index (χ2n) is 9.77. The SMILES string of the molecule is CC1CN(c2ccc(C#N)c3ncccc23)C[C@@H]2c3ccc(N4CCNC[C@H](O)C4)cc3CN12. The van der Waals surface area contributed by atoms with Gasteiger partial charge < -0.3 is 20.2 Å². The highest BCUT2D eigenvalue weighted by atomic mass is 16.3. The molecule has 7 nitrogen and oxygen atoms in total. The number of pyridine rings is 1. The molecule has 1 unspecified atom stereocenters. The highest BCUT2D eigenvalue weighted by molar-refractivity contribution is 5.95. The summed E-state index contributed by atoms with van der Waals surface area (Å²) in [5.41, 5.74) is 6.57. The lowest BCUT2D eigenvalue weighted by Crippen LogP contribution is -2.51. The zero-order chi connectivity index (χ0) is 23.2. The van der Waals surface area contributed by atoms with Gasteiger partial charge >= 0.3 is 0 Å². The maximum atomic E-state index is 10.2. The van der Waals surface area contributed by atoms with E-state index in [2.05, 4.69) is 68.3 Å². The van der Waals surface area contributed by atoms with Crippen LogP contribution >= 0.6 is 0 Å². The van der Waals surface area contributed by atoms with Crippen LogP contribution in [0.2, 0.25) is 0 Å². The number of aliphatic hydroxyl groups is 1. The average Bonchev–Trinajstić information content (AvgIpc) is 3.09. The summed E-state index contributed by atoms with van der Waals surface area (Å²) in [7, 11) is 0. The first-order valence-electron chi connectivity index (χ1n) is 12.2. The Balaban J connectivity index is 1.31. The number of piperazine rings is 1. The molecule has 174 valence electrons. The summed E-state index contributed by atoms with van der Waals surface area (Å²) in [6.07, 6.45) is 1.42. The van der Waals surface area contributed by atoms with E-state index in [4.69, 9.17) is 0 Å². The van der Waals surface area contributed by atoms with Gasteiger partial charge in [-0.2, -0.15) is 5.26 Å². The topological polar surface area (TPSA) is 78.7 Å². The summed E-state index contributed by atoms with van der Waals surface area (Å²) < 4.78 is 0. The number of hydrogen-bond acceptors (Lipinski definition) is 7. The molecule has 2 N–H and O–H groups in total. The molecule has 0 amide bonds. The number of fused-ring (bicyclic) bond motifs is 4. The third kappa shape index (κ3) is 3.59. The fourth-order valence-corrected chi connectivity index (χ4v) is 5.96. The Morgan fingerprint density at radius 2 is 2.03 bits per heavy atom. The van der Waals surface area contributed by atoms with E-state index in [1.54, 1.807) is 6.20 Å². The van der Waals surface area contributed by atoms with Crippen LogP contribution in [-0.4, -0.2) is 66.4 Å². The zero-order valence-corrected chi connectivity index (χ0v) is 19.5. The van der Waals surface area contributed by atoms with Crippen LogP contribution in [0.3, 0.4) is 0 Å². The Hall–Kier alpha value is -3.18. The highest BCUT2D eigenvalue weighted by Crippen LogP contribution is 2.42. The second-order valence-corrected chi connectivity index (χ2v) is 9.77. The van der Waals surface area contributed by atoms with Crippen molar-refractivity contribution in [2.24, 2.45) is 0 Å². The van der Waals surface area contributed by atoms with Crippen LogP contribution in [0.5, 0.6) is 0 Å². The van der Waals surface area contributed by atoms with Crippen molar-refractivity contribution in [2.75, 3.05) is 49.1 Å². The molecule has 34 heavy (non-hydrogen) atoms. The van der Waals surface area contributed by atoms with Gasteiger partial charge in [0.15, 0.2) is 0 Å². The number of aromatic nitrogens is 1. The smallest absolute Gasteiger partial charge is 0.101 e. The van der Waals surface area contributed by atoms with Gasteiger partial charge in [-0.05, 0) is 54.4 Å². The molecule has 7 heteroatoms. The molecule has 6 rings (SSSR count). The largest absolute Gasteiger partial charge is 0.390 e. The van der Waals surface area contributed by atoms with Crippen molar-refractivity contribution in [3.63, 3.8) is 0 Å². The van der Waals surface area contributed by atoms with Gasteiger partial charge in [-0.25, -0.2) is 0 Å². The van der Waals surface area contributed by atoms with Crippen molar-refractivity contribution >= 4 is 22.3 Å². The molecule has 3 aromatic rings. The number of nitrogens with zero attached hydrogens (tertiary/aromatic N) is 5. The maximum absolute atomic E-state index is 10.2. The molecule has 3 aliphatic heterocycles. The molecule has 0 radical (unpaired) electrons. The van der Waals surface area contributed by atoms with E-state index < -0.39 is 0 Å². The van der Waals surface area contributed by atoms with Crippen LogP contribution in [0, 0.1) is 11.3 Å². The van der Waals surface area contributed by atoms with Gasteiger partial charge in [-0.3, -0.25) is 9.88 Å². The number of rotatable bonds is 2. The van der Waals surface area contributed by atoms with E-state index >= 15 is 0 Å². The van der Waals surface area contributed by atoms with Crippen LogP contribution in [0.25, 0.3) is 10.9 Å². The minimum absolute atomic E-state index is 0.339. The van der Waals surface area contributed by atoms with Gasteiger partial charge in [0.1, 0.15) is 6.07 Å². The van der Waals surface area contributed by atoms with Gasteiger partial charge in [0.2, 0.25) is 0 Å². The standard InChI is InChI=1S/C27H30N6O/c1-18-14-32(25-7-4-19(12-28)27-24(25)3-2-8-30-27)17-26-23-6-5-21(11-20(23)15-33(18)26)31-10-9-29-13-22(34)16-31/h2-8,11,18,22,26,29,34H,9-10,13-17H2,1H3/t18?,22-,26+/m0/s1. The molecule has 0 aliphatic carbocycles. The average molecular weight is 455 g/mol. The first-order valence-corrected chi connectivity index (χ1v) is 12.2. The number of hydrogen-bond donors (Lipinski definition) is 2. The third-order valence-electron chi connectivity index (χ3n) is 7.63. The van der Waals surface area contributed by atoms with Crippen molar-refractivity contribution in [1.29, 1.82) is 5.26 Å². The molecule has 2 saturated heterocycles. The first-order chi connectivity index (χ1) is 16.6. The van der Waals surface area contributed by atoms with Gasteiger partial charge in [0.05, 0.1) is 23.2 Å². The number of nitrogens with one attached hydrogen (secondary N) is 1. The Morgan fingerprint density at radius 3 is 2.91 bits per heavy atom. The first kappa shape index (κ1) is 21.4. The Morgan fingerprint density at radius 1 is 1.12 bits per heavy atom. The highest BCUT2D eigenvalue weighted by Gasteiger charge is 2.39. The van der Waals surface area contributed by atoms with Crippen LogP contribution in [0.4, 0.5) is 11.4 Å². The van der Waals surface area contributed by atoms with E-state index in [1.807, 2.05) is 12.1 Å². The lowest BCUT2D eigenvalue weighted by Gasteiger charge is -2.43. The number of anilines is 2. The molecule has 1 aromatic heterocycles. The van der Waals surface area contributed by atoms with Gasteiger partial charge in [0.25, 0.3) is 0 Å². The monoisotopic (exact) mass is 454 g/mol. The summed E-state index contributed by atoms with van der Waals surface area (Å²) in [6.45, 7) is 8.26. The molecule has 4 heterocycles. The van der Waals surface area contributed by atoms with Crippen molar-refractivity contribution in [3.05, 3.63) is 65.4 Å². The fourth-order valence-electron chi connectivity index (χ4n) is 5.96. The Labute approximate surface area is 200 Å². The minimum Gasteiger partial charge on any atom is -0.390 e. The molecule has 0 bridgehead atoms. The van der Waals surface area contributed by atoms with Gasteiger partial charge in [-0.1, -0.05) is 6.07 Å². The summed E-state index contributed by atoms with van der Waals surface area (Å²) in [6, 6.07) is 17.9. The van der Waals surface area contributed by atoms with Crippen molar-refractivity contribution in [1.82, 2.24) is 15.2 Å². The van der Waals surface area contributed by atoms with Crippen molar-refractivity contribution < 1.29 is 5.11 Å². The van der Waals surface area contributed by atoms with Crippen LogP contribution in [0.15, 0.2) is 48.7 Å². The van der Waals surface area contributed by atoms with Crippen LogP contribution in [-0.2, 0) is 6.54 Å². The fraction of sp³-hybridized carbons (Fsp3) is 0.407. The minimum atomic E-state index is -0.340. The van der Waals surface area contributed by atoms with E-state index in [9.17, 15) is 10.4 Å². The molecular formula is C27H30N6O. The van der Waals surface area contributed by atoms with Crippen LogP contribution in [0.1, 0.15) is 29.7 Å². The van der Waals surface area contributed by atoms with E-state index in [1.165, 1.54) is 16.8 Å². The third-order valence-corrected chi connectivity index (χ3v) is 7.63. The molecule has 3 aliphatic rings. The number of aliphatic hydroxyl groups excluding tert-OH is 1. The molecule has 0 saturated carbocycles. The quantitative estimate of drug-likeness (QED) is 0.616. The van der Waals surface area contributed by atoms with Gasteiger partial charge in [-0.15, -0.1) is 0 Å². The van der Waals surface area contributed by atoms with Crippen molar-refractivity contribution in [2.45, 2.75) is 31.7 Å². The Kier molecular flexibility index (Phi) is 5.37. The van der Waals surface area contributed by atoms with Gasteiger partial charge in [0, 0.05) is 74.8 Å². The van der Waals surface area contributed by atoms with E-state index in [0.717, 1.165) is 49.3 Å². The zero-order valence-electron chi connectivity index (χ0n) is 19.5. The molecule has 0 spiro atoms. The van der Waals surface area contributed by atoms with Crippen molar-refractivity contribution in [3.8, 4) is 6.07 Å². The number of nitriles is 1.